The number of para-hydroxylation sites is 1. The second-order valence-corrected chi connectivity index (χ2v) is 6.80. The molecule has 3 rings (SSSR count). The summed E-state index contributed by atoms with van der Waals surface area (Å²) in [7, 11) is 0. The van der Waals surface area contributed by atoms with Crippen LogP contribution in [0.5, 0.6) is 0 Å². The lowest BCUT2D eigenvalue weighted by molar-refractivity contribution is -0.121. The molecule has 0 fully saturated rings. The molecule has 0 atom stereocenters. The minimum absolute atomic E-state index is 0.0439. The van der Waals surface area contributed by atoms with Gasteiger partial charge in [0.05, 0.1) is 12.2 Å². The number of benzene rings is 2. The van der Waals surface area contributed by atoms with Crippen molar-refractivity contribution in [1.82, 2.24) is 0 Å². The van der Waals surface area contributed by atoms with Crippen LogP contribution in [-0.2, 0) is 11.3 Å². The van der Waals surface area contributed by atoms with E-state index in [1.807, 2.05) is 81.1 Å². The van der Waals surface area contributed by atoms with Crippen molar-refractivity contribution >= 4 is 11.6 Å². The Bertz CT molecular complexity index is 915. The number of carbonyl (C=O) groups excluding carboxylic acids is 1. The third-order valence-corrected chi connectivity index (χ3v) is 3.92. The van der Waals surface area contributed by atoms with E-state index in [4.69, 9.17) is 5.53 Å². The van der Waals surface area contributed by atoms with Gasteiger partial charge in [0.2, 0.25) is 5.91 Å². The van der Waals surface area contributed by atoms with Gasteiger partial charge in [-0.2, -0.15) is 0 Å². The van der Waals surface area contributed by atoms with Crippen LogP contribution in [0.25, 0.3) is 10.4 Å². The van der Waals surface area contributed by atoms with Crippen molar-refractivity contribution in [1.29, 1.82) is 0 Å². The predicted octanol–water partition coefficient (Wildman–Crippen LogP) is 5.29. The normalized spacial score (nSPS) is 11.6. The smallest absolute Gasteiger partial charge is 0.229 e. The van der Waals surface area contributed by atoms with Gasteiger partial charge < -0.3 is 4.90 Å². The Labute approximate surface area is 160 Å². The van der Waals surface area contributed by atoms with Crippen LogP contribution in [0, 0.1) is 17.8 Å². The molecule has 2 aromatic rings. The minimum Gasteiger partial charge on any atom is -0.306 e. The summed E-state index contributed by atoms with van der Waals surface area (Å²) < 4.78 is 0. The summed E-state index contributed by atoms with van der Waals surface area (Å²) in [6, 6.07) is 16.0. The van der Waals surface area contributed by atoms with Crippen molar-refractivity contribution in [2.45, 2.75) is 40.3 Å². The lowest BCUT2D eigenvalue weighted by atomic mass is 10.0. The molecule has 0 spiro atoms. The number of azide groups is 1. The first-order valence-corrected chi connectivity index (χ1v) is 8.98. The van der Waals surface area contributed by atoms with Gasteiger partial charge in [-0.15, -0.1) is 0 Å². The van der Waals surface area contributed by atoms with E-state index in [1.54, 1.807) is 0 Å². The van der Waals surface area contributed by atoms with Crippen LogP contribution in [0.3, 0.4) is 0 Å². The Balaban J connectivity index is 0.000000380. The molecule has 5 nitrogen and oxygen atoms in total. The molecular weight excluding hydrogens is 336 g/mol. The molecular formula is C22H24N4O. The maximum Gasteiger partial charge on any atom is 0.229 e. The highest BCUT2D eigenvalue weighted by molar-refractivity contribution is 5.96. The Morgan fingerprint density at radius 1 is 1.04 bits per heavy atom. The average Bonchev–Trinajstić information content (AvgIpc) is 2.63. The summed E-state index contributed by atoms with van der Waals surface area (Å²) in [6.07, 6.45) is 0. The van der Waals surface area contributed by atoms with E-state index in [9.17, 15) is 4.79 Å². The van der Waals surface area contributed by atoms with E-state index < -0.39 is 0 Å². The first-order valence-electron chi connectivity index (χ1n) is 8.98. The van der Waals surface area contributed by atoms with Crippen LogP contribution < -0.4 is 4.90 Å². The number of carbonyl (C=O) groups is 1. The maximum absolute atomic E-state index is 12.6. The monoisotopic (exact) mass is 360 g/mol. The van der Waals surface area contributed by atoms with E-state index >= 15 is 0 Å². The second kappa shape index (κ2) is 9.47. The zero-order valence-electron chi connectivity index (χ0n) is 16.2. The maximum atomic E-state index is 12.6. The second-order valence-electron chi connectivity index (χ2n) is 6.80. The number of amides is 1. The number of nitrogens with zero attached hydrogens (tertiary/aromatic N) is 4. The molecule has 0 unspecified atom stereocenters. The fourth-order valence-corrected chi connectivity index (χ4v) is 2.60. The first-order chi connectivity index (χ1) is 12.9. The molecule has 0 bridgehead atoms. The molecule has 0 N–H and O–H groups in total. The van der Waals surface area contributed by atoms with Crippen molar-refractivity contribution in [2.24, 2.45) is 11.0 Å². The van der Waals surface area contributed by atoms with Gasteiger partial charge in [-0.25, -0.2) is 0 Å². The van der Waals surface area contributed by atoms with Gasteiger partial charge in [-0.3, -0.25) is 4.79 Å². The lowest BCUT2D eigenvalue weighted by Gasteiger charge is -2.27. The largest absolute Gasteiger partial charge is 0.306 e. The van der Waals surface area contributed by atoms with Gasteiger partial charge in [-0.05, 0) is 29.3 Å². The Morgan fingerprint density at radius 2 is 1.63 bits per heavy atom. The summed E-state index contributed by atoms with van der Waals surface area (Å²) in [5, 5.41) is 3.31. The van der Waals surface area contributed by atoms with Crippen molar-refractivity contribution in [3.63, 3.8) is 0 Å². The van der Waals surface area contributed by atoms with Crippen molar-refractivity contribution in [3.05, 3.63) is 75.7 Å². The fourth-order valence-electron chi connectivity index (χ4n) is 2.60. The highest BCUT2D eigenvalue weighted by atomic mass is 16.2. The number of anilines is 1. The molecule has 27 heavy (non-hydrogen) atoms. The molecule has 0 saturated heterocycles. The van der Waals surface area contributed by atoms with E-state index in [-0.39, 0.29) is 17.9 Å². The summed E-state index contributed by atoms with van der Waals surface area (Å²) >= 11 is 0. The Morgan fingerprint density at radius 3 is 2.22 bits per heavy atom. The van der Waals surface area contributed by atoms with Crippen LogP contribution in [-0.4, -0.2) is 11.9 Å². The zero-order valence-corrected chi connectivity index (χ0v) is 16.2. The lowest BCUT2D eigenvalue weighted by Crippen LogP contribution is -2.34. The number of rotatable bonds is 2. The summed E-state index contributed by atoms with van der Waals surface area (Å²) in [4.78, 5) is 17.0. The Kier molecular flexibility index (Phi) is 7.05. The van der Waals surface area contributed by atoms with Gasteiger partial charge in [0.1, 0.15) is 0 Å². The molecule has 1 aliphatic heterocycles. The van der Waals surface area contributed by atoms with Gasteiger partial charge in [0.25, 0.3) is 0 Å². The third-order valence-electron chi connectivity index (χ3n) is 3.92. The standard InChI is InChI=1S/C19H17NO.C3H7N3/c1-14(2)19(21)20-13-17-9-4-3-7-15(17)11-12-16-8-5-6-10-18(16)20;1-3(2)5-6-4/h3-10,14H,13H2,1-2H3;3H,1-2H3. The molecule has 0 radical (unpaired) electrons. The predicted molar refractivity (Wildman–Crippen MR) is 109 cm³/mol. The fraction of sp³-hybridized carbons (Fsp3) is 0.318. The summed E-state index contributed by atoms with van der Waals surface area (Å²) in [6.45, 7) is 8.10. The molecule has 1 amide bonds. The number of hydrogen-bond acceptors (Lipinski definition) is 2. The Hall–Kier alpha value is -3.22. The number of hydrogen-bond donors (Lipinski definition) is 0. The highest BCUT2D eigenvalue weighted by Gasteiger charge is 2.22. The van der Waals surface area contributed by atoms with Crippen LogP contribution in [0.15, 0.2) is 53.6 Å². The molecule has 0 aromatic heterocycles. The molecule has 1 heterocycles. The van der Waals surface area contributed by atoms with E-state index in [0.717, 1.165) is 22.4 Å². The SMILES string of the molecule is CC(C)C(=O)N1Cc2ccccc2C#Cc2ccccc21.CC(C)N=[N+]=[N-]. The van der Waals surface area contributed by atoms with Gasteiger partial charge in [0.15, 0.2) is 0 Å². The van der Waals surface area contributed by atoms with Crippen LogP contribution in [0.1, 0.15) is 44.4 Å². The summed E-state index contributed by atoms with van der Waals surface area (Å²) in [5.41, 5.74) is 11.6. The van der Waals surface area contributed by atoms with E-state index in [2.05, 4.69) is 21.9 Å². The van der Waals surface area contributed by atoms with Crippen molar-refractivity contribution in [3.8, 4) is 11.8 Å². The molecule has 0 aliphatic carbocycles. The molecule has 0 saturated carbocycles. The number of fused-ring (bicyclic) bond motifs is 2. The third kappa shape index (κ3) is 5.37. The van der Waals surface area contributed by atoms with Crippen LogP contribution in [0.4, 0.5) is 5.69 Å². The van der Waals surface area contributed by atoms with E-state index in [0.29, 0.717) is 6.54 Å². The van der Waals surface area contributed by atoms with Crippen LogP contribution in [0.2, 0.25) is 0 Å². The van der Waals surface area contributed by atoms with Gasteiger partial charge in [0, 0.05) is 28.0 Å². The molecule has 1 aliphatic rings. The highest BCUT2D eigenvalue weighted by Crippen LogP contribution is 2.26. The zero-order chi connectivity index (χ0) is 19.8. The van der Waals surface area contributed by atoms with Gasteiger partial charge in [-0.1, -0.05) is 75.0 Å². The quantitative estimate of drug-likeness (QED) is 0.310. The van der Waals surface area contributed by atoms with Crippen LogP contribution >= 0.6 is 0 Å². The topological polar surface area (TPSA) is 69.1 Å². The van der Waals surface area contributed by atoms with E-state index in [1.165, 1.54) is 0 Å². The molecule has 2 aromatic carbocycles. The molecule has 5 heteroatoms. The van der Waals surface area contributed by atoms with Crippen molar-refractivity contribution in [2.75, 3.05) is 4.90 Å². The van der Waals surface area contributed by atoms with Gasteiger partial charge >= 0.3 is 0 Å². The minimum atomic E-state index is -0.0439. The average molecular weight is 360 g/mol. The van der Waals surface area contributed by atoms with Crippen molar-refractivity contribution < 1.29 is 4.79 Å². The summed E-state index contributed by atoms with van der Waals surface area (Å²) in [5.74, 6) is 6.51. The first kappa shape index (κ1) is 20.1. The molecule has 138 valence electrons.